The van der Waals surface area contributed by atoms with Gasteiger partial charge in [-0.15, -0.1) is 0 Å². The molecule has 0 aromatic carbocycles. The minimum absolute atomic E-state index is 0.0437. The molecule has 0 spiro atoms. The average Bonchev–Trinajstić information content (AvgIpc) is 2.21. The highest BCUT2D eigenvalue weighted by atomic mass is 16.4. The predicted molar refractivity (Wildman–Crippen MR) is 66.8 cm³/mol. The number of carbonyl (C=O) groups is 2. The Kier molecular flexibility index (Phi) is 7.54. The Hall–Kier alpha value is -1.10. The summed E-state index contributed by atoms with van der Waals surface area (Å²) in [5.41, 5.74) is 0. The smallest absolute Gasteiger partial charge is 0.304 e. The SMILES string of the molecule is CCN(CC(=O)NCC(C)C)C(C)CC(=O)O. The van der Waals surface area contributed by atoms with Crippen LogP contribution in [0, 0.1) is 5.92 Å². The molecule has 17 heavy (non-hydrogen) atoms. The van der Waals surface area contributed by atoms with Crippen LogP contribution in [0.3, 0.4) is 0 Å². The van der Waals surface area contributed by atoms with E-state index in [-0.39, 0.29) is 24.9 Å². The fourth-order valence-electron chi connectivity index (χ4n) is 1.52. The van der Waals surface area contributed by atoms with Gasteiger partial charge in [-0.2, -0.15) is 0 Å². The van der Waals surface area contributed by atoms with Crippen LogP contribution in [-0.2, 0) is 9.59 Å². The molecule has 5 heteroatoms. The number of amides is 1. The van der Waals surface area contributed by atoms with Crippen LogP contribution in [0.4, 0.5) is 0 Å². The third kappa shape index (κ3) is 7.74. The van der Waals surface area contributed by atoms with Crippen LogP contribution in [-0.4, -0.2) is 47.6 Å². The zero-order chi connectivity index (χ0) is 13.4. The maximum absolute atomic E-state index is 11.6. The van der Waals surface area contributed by atoms with E-state index in [1.807, 2.05) is 32.6 Å². The molecule has 1 amide bonds. The van der Waals surface area contributed by atoms with Crippen molar-refractivity contribution in [2.75, 3.05) is 19.6 Å². The summed E-state index contributed by atoms with van der Waals surface area (Å²) in [6.07, 6.45) is 0.0608. The highest BCUT2D eigenvalue weighted by Crippen LogP contribution is 2.03. The van der Waals surface area contributed by atoms with E-state index in [1.54, 1.807) is 0 Å². The molecule has 0 saturated heterocycles. The molecule has 0 aliphatic heterocycles. The normalized spacial score (nSPS) is 12.8. The van der Waals surface area contributed by atoms with Crippen molar-refractivity contribution >= 4 is 11.9 Å². The Labute approximate surface area is 103 Å². The lowest BCUT2D eigenvalue weighted by molar-refractivity contribution is -0.138. The van der Waals surface area contributed by atoms with E-state index < -0.39 is 5.97 Å². The second-order valence-corrected chi connectivity index (χ2v) is 4.71. The Balaban J connectivity index is 4.11. The monoisotopic (exact) mass is 244 g/mol. The van der Waals surface area contributed by atoms with Gasteiger partial charge in [-0.3, -0.25) is 14.5 Å². The van der Waals surface area contributed by atoms with Crippen LogP contribution < -0.4 is 5.32 Å². The first kappa shape index (κ1) is 15.9. The Morgan fingerprint density at radius 3 is 2.29 bits per heavy atom. The van der Waals surface area contributed by atoms with Gasteiger partial charge in [-0.05, 0) is 19.4 Å². The molecule has 0 aliphatic carbocycles. The van der Waals surface area contributed by atoms with Gasteiger partial charge in [-0.1, -0.05) is 20.8 Å². The molecule has 0 fully saturated rings. The van der Waals surface area contributed by atoms with Gasteiger partial charge >= 0.3 is 5.97 Å². The van der Waals surface area contributed by atoms with E-state index >= 15 is 0 Å². The van der Waals surface area contributed by atoms with Crippen LogP contribution in [0.1, 0.15) is 34.1 Å². The number of carboxylic acids is 1. The van der Waals surface area contributed by atoms with Crippen LogP contribution in [0.5, 0.6) is 0 Å². The van der Waals surface area contributed by atoms with Gasteiger partial charge < -0.3 is 10.4 Å². The summed E-state index contributed by atoms with van der Waals surface area (Å²) in [5, 5.41) is 11.5. The summed E-state index contributed by atoms with van der Waals surface area (Å²) in [7, 11) is 0. The molecule has 0 bridgehead atoms. The number of hydrogen-bond acceptors (Lipinski definition) is 3. The van der Waals surface area contributed by atoms with Gasteiger partial charge in [0.2, 0.25) is 5.91 Å². The van der Waals surface area contributed by atoms with Crippen molar-refractivity contribution < 1.29 is 14.7 Å². The maximum Gasteiger partial charge on any atom is 0.304 e. The summed E-state index contributed by atoms with van der Waals surface area (Å²) in [6.45, 7) is 9.40. The molecular formula is C12H24N2O3. The number of hydrogen-bond donors (Lipinski definition) is 2. The van der Waals surface area contributed by atoms with E-state index in [0.29, 0.717) is 19.0 Å². The lowest BCUT2D eigenvalue weighted by Gasteiger charge is -2.26. The second-order valence-electron chi connectivity index (χ2n) is 4.71. The van der Waals surface area contributed by atoms with Gasteiger partial charge in [0, 0.05) is 12.6 Å². The Bertz CT molecular complexity index is 254. The zero-order valence-corrected chi connectivity index (χ0v) is 11.2. The number of nitrogens with zero attached hydrogens (tertiary/aromatic N) is 1. The van der Waals surface area contributed by atoms with Crippen LogP contribution >= 0.6 is 0 Å². The fraction of sp³-hybridized carbons (Fsp3) is 0.833. The molecule has 100 valence electrons. The third-order valence-electron chi connectivity index (χ3n) is 2.55. The van der Waals surface area contributed by atoms with Gasteiger partial charge in [0.25, 0.3) is 0 Å². The number of carboxylic acid groups (broad SMARTS) is 1. The second kappa shape index (κ2) is 8.06. The van der Waals surface area contributed by atoms with Gasteiger partial charge in [0.1, 0.15) is 0 Å². The molecule has 1 atom stereocenters. The summed E-state index contributed by atoms with van der Waals surface area (Å²) in [5.74, 6) is -0.457. The number of likely N-dealkylation sites (N-methyl/N-ethyl adjacent to an activating group) is 1. The quantitative estimate of drug-likeness (QED) is 0.667. The average molecular weight is 244 g/mol. The standard InChI is InChI=1S/C12H24N2O3/c1-5-14(10(4)6-12(16)17)8-11(15)13-7-9(2)3/h9-10H,5-8H2,1-4H3,(H,13,15)(H,16,17). The molecule has 5 nitrogen and oxygen atoms in total. The van der Waals surface area contributed by atoms with E-state index in [0.717, 1.165) is 0 Å². The number of nitrogens with one attached hydrogen (secondary N) is 1. The van der Waals surface area contributed by atoms with Crippen molar-refractivity contribution in [3.63, 3.8) is 0 Å². The Morgan fingerprint density at radius 2 is 1.88 bits per heavy atom. The molecule has 0 radical (unpaired) electrons. The zero-order valence-electron chi connectivity index (χ0n) is 11.2. The van der Waals surface area contributed by atoms with Gasteiger partial charge in [-0.25, -0.2) is 0 Å². The fourth-order valence-corrected chi connectivity index (χ4v) is 1.52. The molecule has 2 N–H and O–H groups in total. The van der Waals surface area contributed by atoms with Crippen molar-refractivity contribution in [2.45, 2.75) is 40.2 Å². The highest BCUT2D eigenvalue weighted by Gasteiger charge is 2.17. The molecule has 0 aliphatic rings. The molecular weight excluding hydrogens is 220 g/mol. The summed E-state index contributed by atoms with van der Waals surface area (Å²) >= 11 is 0. The topological polar surface area (TPSA) is 69.6 Å². The van der Waals surface area contributed by atoms with E-state index in [4.69, 9.17) is 5.11 Å². The third-order valence-corrected chi connectivity index (χ3v) is 2.55. The van der Waals surface area contributed by atoms with Crippen molar-refractivity contribution in [1.82, 2.24) is 10.2 Å². The summed E-state index contributed by atoms with van der Waals surface area (Å²) in [4.78, 5) is 24.1. The van der Waals surface area contributed by atoms with Crippen LogP contribution in [0.2, 0.25) is 0 Å². The molecule has 0 heterocycles. The highest BCUT2D eigenvalue weighted by molar-refractivity contribution is 5.78. The van der Waals surface area contributed by atoms with Gasteiger partial charge in [0.05, 0.1) is 13.0 Å². The maximum atomic E-state index is 11.6. The lowest BCUT2D eigenvalue weighted by Crippen LogP contribution is -2.43. The number of carbonyl (C=O) groups excluding carboxylic acids is 1. The minimum atomic E-state index is -0.835. The number of rotatable bonds is 8. The summed E-state index contributed by atoms with van der Waals surface area (Å²) < 4.78 is 0. The van der Waals surface area contributed by atoms with Crippen molar-refractivity contribution in [2.24, 2.45) is 5.92 Å². The molecule has 1 unspecified atom stereocenters. The first-order chi connectivity index (χ1) is 7.86. The van der Waals surface area contributed by atoms with Crippen LogP contribution in [0.15, 0.2) is 0 Å². The van der Waals surface area contributed by atoms with Crippen molar-refractivity contribution in [3.8, 4) is 0 Å². The first-order valence-corrected chi connectivity index (χ1v) is 6.09. The minimum Gasteiger partial charge on any atom is -0.481 e. The summed E-state index contributed by atoms with van der Waals surface area (Å²) in [6, 6.07) is -0.123. The predicted octanol–water partition coefficient (Wildman–Crippen LogP) is 0.944. The largest absolute Gasteiger partial charge is 0.481 e. The van der Waals surface area contributed by atoms with Crippen LogP contribution in [0.25, 0.3) is 0 Å². The van der Waals surface area contributed by atoms with Crippen molar-refractivity contribution in [1.29, 1.82) is 0 Å². The van der Waals surface area contributed by atoms with Gasteiger partial charge in [0.15, 0.2) is 0 Å². The van der Waals surface area contributed by atoms with E-state index in [9.17, 15) is 9.59 Å². The van der Waals surface area contributed by atoms with E-state index in [1.165, 1.54) is 0 Å². The molecule has 0 aromatic heterocycles. The Morgan fingerprint density at radius 1 is 1.29 bits per heavy atom. The van der Waals surface area contributed by atoms with E-state index in [2.05, 4.69) is 5.32 Å². The van der Waals surface area contributed by atoms with Crippen molar-refractivity contribution in [3.05, 3.63) is 0 Å². The lowest BCUT2D eigenvalue weighted by atomic mass is 10.2. The first-order valence-electron chi connectivity index (χ1n) is 6.09. The molecule has 0 aromatic rings. The number of aliphatic carboxylic acids is 1. The molecule has 0 rings (SSSR count). The molecule has 0 saturated carbocycles.